The van der Waals surface area contributed by atoms with Gasteiger partial charge in [-0.15, -0.1) is 0 Å². The van der Waals surface area contributed by atoms with Crippen molar-refractivity contribution in [1.29, 1.82) is 0 Å². The molecule has 0 radical (unpaired) electrons. The van der Waals surface area contributed by atoms with Crippen molar-refractivity contribution in [1.82, 2.24) is 15.3 Å². The van der Waals surface area contributed by atoms with Gasteiger partial charge >= 0.3 is 0 Å². The number of benzene rings is 1. The molecule has 0 atom stereocenters. The van der Waals surface area contributed by atoms with Gasteiger partial charge in [0.15, 0.2) is 0 Å². The maximum Gasteiger partial charge on any atom is 0.227 e. The first-order valence-electron chi connectivity index (χ1n) is 6.35. The Morgan fingerprint density at radius 3 is 2.37 bits per heavy atom. The Labute approximate surface area is 112 Å². The highest BCUT2D eigenvalue weighted by atomic mass is 15.1. The van der Waals surface area contributed by atoms with Crippen LogP contribution in [0.3, 0.4) is 0 Å². The van der Waals surface area contributed by atoms with Crippen molar-refractivity contribution in [2.75, 3.05) is 18.4 Å². The third kappa shape index (κ3) is 2.98. The van der Waals surface area contributed by atoms with E-state index in [1.807, 2.05) is 19.1 Å². The summed E-state index contributed by atoms with van der Waals surface area (Å²) in [7, 11) is 0. The number of nitrogens with zero attached hydrogens (tertiary/aromatic N) is 2. The van der Waals surface area contributed by atoms with Crippen LogP contribution in [0.5, 0.6) is 0 Å². The van der Waals surface area contributed by atoms with Gasteiger partial charge in [0.2, 0.25) is 5.95 Å². The number of anilines is 2. The van der Waals surface area contributed by atoms with E-state index in [1.165, 1.54) is 11.1 Å². The van der Waals surface area contributed by atoms with E-state index >= 15 is 0 Å². The van der Waals surface area contributed by atoms with Gasteiger partial charge < -0.3 is 10.6 Å². The van der Waals surface area contributed by atoms with Gasteiger partial charge in [0.1, 0.15) is 0 Å². The van der Waals surface area contributed by atoms with Crippen molar-refractivity contribution in [3.8, 4) is 0 Å². The molecule has 2 aromatic rings. The van der Waals surface area contributed by atoms with Crippen LogP contribution in [0.25, 0.3) is 6.08 Å². The number of aryl methyl sites for hydroxylation is 1. The van der Waals surface area contributed by atoms with E-state index in [0.717, 1.165) is 24.3 Å². The minimum atomic E-state index is 0.625. The molecule has 4 nitrogen and oxygen atoms in total. The third-order valence-corrected chi connectivity index (χ3v) is 3.02. The number of hydrogen-bond donors (Lipinski definition) is 2. The predicted octanol–water partition coefficient (Wildman–Crippen LogP) is 2.52. The summed E-state index contributed by atoms with van der Waals surface area (Å²) in [4.78, 5) is 8.45. The first-order valence-corrected chi connectivity index (χ1v) is 6.35. The molecule has 2 N–H and O–H groups in total. The molecule has 1 saturated heterocycles. The summed E-state index contributed by atoms with van der Waals surface area (Å²) in [5.41, 5.74) is 4.73. The molecule has 96 valence electrons. The minimum absolute atomic E-state index is 0.625. The van der Waals surface area contributed by atoms with Crippen LogP contribution in [0.2, 0.25) is 0 Å². The summed E-state index contributed by atoms with van der Waals surface area (Å²) in [6, 6.07) is 8.28. The van der Waals surface area contributed by atoms with E-state index in [4.69, 9.17) is 0 Å². The molecule has 19 heavy (non-hydrogen) atoms. The van der Waals surface area contributed by atoms with E-state index in [2.05, 4.69) is 38.8 Å². The zero-order valence-electron chi connectivity index (χ0n) is 10.9. The van der Waals surface area contributed by atoms with Crippen LogP contribution in [0.15, 0.2) is 42.2 Å². The summed E-state index contributed by atoms with van der Waals surface area (Å²) in [6.07, 6.45) is 5.83. The molecule has 2 heterocycles. The number of aromatic nitrogens is 2. The zero-order valence-corrected chi connectivity index (χ0v) is 10.9. The highest BCUT2D eigenvalue weighted by Gasteiger charge is 2.06. The summed E-state index contributed by atoms with van der Waals surface area (Å²) in [6.45, 7) is 4.00. The highest BCUT2D eigenvalue weighted by molar-refractivity contribution is 5.60. The van der Waals surface area contributed by atoms with Crippen LogP contribution in [0.4, 0.5) is 11.6 Å². The lowest BCUT2D eigenvalue weighted by Crippen LogP contribution is -2.33. The fraction of sp³-hybridized carbons (Fsp3) is 0.200. The van der Waals surface area contributed by atoms with Gasteiger partial charge in [-0.05, 0) is 35.8 Å². The second-order valence-corrected chi connectivity index (χ2v) is 4.74. The summed E-state index contributed by atoms with van der Waals surface area (Å²) in [5, 5.41) is 6.42. The molecular weight excluding hydrogens is 236 g/mol. The average molecular weight is 252 g/mol. The molecule has 1 fully saturated rings. The van der Waals surface area contributed by atoms with Gasteiger partial charge in [0.25, 0.3) is 0 Å². The predicted molar refractivity (Wildman–Crippen MR) is 77.3 cm³/mol. The largest absolute Gasteiger partial charge is 0.324 e. The second kappa shape index (κ2) is 5.20. The van der Waals surface area contributed by atoms with E-state index in [0.29, 0.717) is 5.95 Å². The quantitative estimate of drug-likeness (QED) is 0.881. The molecule has 0 aliphatic carbocycles. The van der Waals surface area contributed by atoms with Gasteiger partial charge in [-0.2, -0.15) is 0 Å². The Balaban J connectivity index is 1.70. The maximum atomic E-state index is 4.22. The van der Waals surface area contributed by atoms with Crippen molar-refractivity contribution in [3.63, 3.8) is 0 Å². The molecule has 0 amide bonds. The Morgan fingerprint density at radius 2 is 1.79 bits per heavy atom. The van der Waals surface area contributed by atoms with Crippen molar-refractivity contribution < 1.29 is 0 Å². The van der Waals surface area contributed by atoms with E-state index in [-0.39, 0.29) is 0 Å². The Bertz CT molecular complexity index is 579. The average Bonchev–Trinajstić information content (AvgIpc) is 2.38. The molecule has 1 aliphatic heterocycles. The summed E-state index contributed by atoms with van der Waals surface area (Å²) in [5.74, 6) is 0.625. The fourth-order valence-electron chi connectivity index (χ4n) is 1.86. The van der Waals surface area contributed by atoms with Gasteiger partial charge in [0.05, 0.1) is 0 Å². The Hall–Kier alpha value is -2.20. The monoisotopic (exact) mass is 252 g/mol. The lowest BCUT2D eigenvalue weighted by atomic mass is 10.1. The molecule has 0 bridgehead atoms. The first kappa shape index (κ1) is 11.9. The topological polar surface area (TPSA) is 49.8 Å². The van der Waals surface area contributed by atoms with Crippen LogP contribution >= 0.6 is 0 Å². The molecule has 0 saturated carbocycles. The summed E-state index contributed by atoms with van der Waals surface area (Å²) < 4.78 is 0. The zero-order chi connectivity index (χ0) is 13.1. The lowest BCUT2D eigenvalue weighted by Gasteiger charge is -2.18. The molecule has 4 heteroatoms. The molecule has 1 aromatic carbocycles. The van der Waals surface area contributed by atoms with Crippen LogP contribution in [-0.2, 0) is 0 Å². The molecule has 3 rings (SSSR count). The molecule has 1 aliphatic rings. The maximum absolute atomic E-state index is 4.22. The van der Waals surface area contributed by atoms with Gasteiger partial charge in [-0.1, -0.05) is 18.2 Å². The van der Waals surface area contributed by atoms with Crippen LogP contribution < -0.4 is 10.6 Å². The molecule has 0 spiro atoms. The second-order valence-electron chi connectivity index (χ2n) is 4.74. The SMILES string of the molecule is Cc1cnc(Nc2ccc(C=C3CNC3)cc2)nc1. The summed E-state index contributed by atoms with van der Waals surface area (Å²) >= 11 is 0. The number of hydrogen-bond acceptors (Lipinski definition) is 4. The standard InChI is InChI=1S/C15H16N4/c1-11-7-17-15(18-8-11)19-14-4-2-12(3-5-14)6-13-9-16-10-13/h2-8,16H,9-10H2,1H3,(H,17,18,19). The van der Waals surface area contributed by atoms with Crippen LogP contribution in [0, 0.1) is 6.92 Å². The fourth-order valence-corrected chi connectivity index (χ4v) is 1.86. The van der Waals surface area contributed by atoms with Crippen molar-refractivity contribution >= 4 is 17.7 Å². The molecular formula is C15H16N4. The normalized spacial score (nSPS) is 13.8. The molecule has 0 unspecified atom stereocenters. The van der Waals surface area contributed by atoms with Gasteiger partial charge in [-0.25, -0.2) is 9.97 Å². The van der Waals surface area contributed by atoms with Crippen molar-refractivity contribution in [2.45, 2.75) is 6.92 Å². The smallest absolute Gasteiger partial charge is 0.227 e. The number of nitrogens with one attached hydrogen (secondary N) is 2. The first-order chi connectivity index (χ1) is 9.29. The van der Waals surface area contributed by atoms with Crippen molar-refractivity contribution in [3.05, 3.63) is 53.4 Å². The highest BCUT2D eigenvalue weighted by Crippen LogP contribution is 2.16. The van der Waals surface area contributed by atoms with Crippen LogP contribution in [0.1, 0.15) is 11.1 Å². The van der Waals surface area contributed by atoms with Gasteiger partial charge in [-0.3, -0.25) is 0 Å². The van der Waals surface area contributed by atoms with Crippen LogP contribution in [-0.4, -0.2) is 23.1 Å². The van der Waals surface area contributed by atoms with Crippen molar-refractivity contribution in [2.24, 2.45) is 0 Å². The van der Waals surface area contributed by atoms with E-state index < -0.39 is 0 Å². The third-order valence-electron chi connectivity index (χ3n) is 3.02. The Kier molecular flexibility index (Phi) is 3.25. The van der Waals surface area contributed by atoms with E-state index in [9.17, 15) is 0 Å². The minimum Gasteiger partial charge on any atom is -0.324 e. The van der Waals surface area contributed by atoms with Gasteiger partial charge in [0, 0.05) is 31.2 Å². The van der Waals surface area contributed by atoms with E-state index in [1.54, 1.807) is 12.4 Å². The lowest BCUT2D eigenvalue weighted by molar-refractivity contribution is 0.675. The Morgan fingerprint density at radius 1 is 1.11 bits per heavy atom. The molecule has 1 aromatic heterocycles. The number of rotatable bonds is 3.